The van der Waals surface area contributed by atoms with Gasteiger partial charge < -0.3 is 14.8 Å². The number of aryl methyl sites for hydroxylation is 1. The first kappa shape index (κ1) is 30.8. The molecular formula is C19H21F8N3O4. The van der Waals surface area contributed by atoms with Gasteiger partial charge in [-0.1, -0.05) is 13.0 Å². The van der Waals surface area contributed by atoms with Crippen molar-refractivity contribution < 1.29 is 54.9 Å². The van der Waals surface area contributed by atoms with E-state index >= 15 is 0 Å². The fourth-order valence-corrected chi connectivity index (χ4v) is 2.10. The summed E-state index contributed by atoms with van der Waals surface area (Å²) in [6.07, 6.45) is -5.93. The summed E-state index contributed by atoms with van der Waals surface area (Å²) in [5.41, 5.74) is 0.546. The highest BCUT2D eigenvalue weighted by molar-refractivity contribution is 5.73. The first-order chi connectivity index (χ1) is 15.5. The number of carboxylic acids is 2. The molecule has 1 aromatic carbocycles. The zero-order valence-electron chi connectivity index (χ0n) is 17.8. The molecule has 0 saturated heterocycles. The first-order valence-corrected chi connectivity index (χ1v) is 9.21. The third kappa shape index (κ3) is 12.1. The minimum Gasteiger partial charge on any atom is -0.475 e. The van der Waals surface area contributed by atoms with Crippen LogP contribution in [0.1, 0.15) is 18.3 Å². The quantitative estimate of drug-likeness (QED) is 0.574. The molecule has 1 aromatic heterocycles. The van der Waals surface area contributed by atoms with Gasteiger partial charge in [-0.25, -0.2) is 23.4 Å². The summed E-state index contributed by atoms with van der Waals surface area (Å²) in [6.45, 7) is 4.36. The van der Waals surface area contributed by atoms with E-state index in [0.29, 0.717) is 18.5 Å². The summed E-state index contributed by atoms with van der Waals surface area (Å²) >= 11 is 0. The second-order valence-corrected chi connectivity index (χ2v) is 6.41. The van der Waals surface area contributed by atoms with Crippen LogP contribution in [0.3, 0.4) is 0 Å². The SMILES string of the molecule is CCN(CCc1ccc(F)cc1F)Cc1nccn1C.O=C(O)C(F)(F)F.O=C(O)C(F)(F)F. The minimum atomic E-state index is -5.08. The minimum absolute atomic E-state index is 0.474. The average molecular weight is 507 g/mol. The number of alkyl halides is 6. The van der Waals surface area contributed by atoms with E-state index in [1.807, 2.05) is 17.8 Å². The number of carboxylic acid groups (broad SMARTS) is 2. The van der Waals surface area contributed by atoms with Gasteiger partial charge in [-0.2, -0.15) is 26.3 Å². The summed E-state index contributed by atoms with van der Waals surface area (Å²) in [4.78, 5) is 24.3. The van der Waals surface area contributed by atoms with Crippen molar-refractivity contribution in [2.45, 2.75) is 32.2 Å². The molecule has 0 fully saturated rings. The Kier molecular flexibility index (Phi) is 12.2. The average Bonchev–Trinajstić information content (AvgIpc) is 3.10. The fraction of sp³-hybridized carbons (Fsp3) is 0.421. The van der Waals surface area contributed by atoms with Gasteiger partial charge in [-0.15, -0.1) is 0 Å². The Morgan fingerprint density at radius 1 is 1.03 bits per heavy atom. The number of hydrogen-bond acceptors (Lipinski definition) is 4. The molecule has 0 unspecified atom stereocenters. The number of rotatable bonds is 6. The highest BCUT2D eigenvalue weighted by Gasteiger charge is 2.38. The molecular weight excluding hydrogens is 486 g/mol. The van der Waals surface area contributed by atoms with Crippen LogP contribution in [0.2, 0.25) is 0 Å². The van der Waals surface area contributed by atoms with Crippen LogP contribution in [0.4, 0.5) is 35.1 Å². The van der Waals surface area contributed by atoms with Crippen molar-refractivity contribution in [3.63, 3.8) is 0 Å². The van der Waals surface area contributed by atoms with Crippen LogP contribution in [0.15, 0.2) is 30.6 Å². The number of benzene rings is 1. The molecule has 0 aliphatic carbocycles. The van der Waals surface area contributed by atoms with Crippen LogP contribution in [-0.4, -0.2) is 62.0 Å². The topological polar surface area (TPSA) is 95.7 Å². The number of aliphatic carboxylic acids is 2. The summed E-state index contributed by atoms with van der Waals surface area (Å²) < 4.78 is 91.9. The summed E-state index contributed by atoms with van der Waals surface area (Å²) in [5, 5.41) is 14.2. The van der Waals surface area contributed by atoms with Crippen molar-refractivity contribution in [3.05, 3.63) is 53.6 Å². The van der Waals surface area contributed by atoms with Gasteiger partial charge in [0.15, 0.2) is 0 Å². The lowest BCUT2D eigenvalue weighted by molar-refractivity contribution is -0.193. The number of aromatic nitrogens is 2. The van der Waals surface area contributed by atoms with Gasteiger partial charge in [0.1, 0.15) is 17.5 Å². The molecule has 0 aliphatic rings. The number of halogens is 8. The molecule has 0 aliphatic heterocycles. The fourth-order valence-electron chi connectivity index (χ4n) is 2.10. The van der Waals surface area contributed by atoms with Crippen LogP contribution in [0.25, 0.3) is 0 Å². The van der Waals surface area contributed by atoms with Gasteiger partial charge in [0.25, 0.3) is 0 Å². The van der Waals surface area contributed by atoms with E-state index in [9.17, 15) is 35.1 Å². The monoisotopic (exact) mass is 507 g/mol. The van der Waals surface area contributed by atoms with Gasteiger partial charge in [0, 0.05) is 32.1 Å². The van der Waals surface area contributed by atoms with Crippen LogP contribution < -0.4 is 0 Å². The normalized spacial score (nSPS) is 11.3. The zero-order valence-corrected chi connectivity index (χ0v) is 17.8. The van der Waals surface area contributed by atoms with Crippen molar-refractivity contribution in [1.82, 2.24) is 14.5 Å². The van der Waals surface area contributed by atoms with Crippen LogP contribution >= 0.6 is 0 Å². The molecule has 0 radical (unpaired) electrons. The molecule has 192 valence electrons. The van der Waals surface area contributed by atoms with E-state index in [4.69, 9.17) is 19.8 Å². The molecule has 0 saturated carbocycles. The predicted molar refractivity (Wildman–Crippen MR) is 102 cm³/mol. The van der Waals surface area contributed by atoms with E-state index in [1.54, 1.807) is 6.20 Å². The predicted octanol–water partition coefficient (Wildman–Crippen LogP) is 4.03. The molecule has 1 heterocycles. The summed E-state index contributed by atoms with van der Waals surface area (Å²) in [6, 6.07) is 3.75. The molecule has 0 atom stereocenters. The molecule has 0 bridgehead atoms. The largest absolute Gasteiger partial charge is 0.490 e. The Labute approximate surface area is 188 Å². The Morgan fingerprint density at radius 2 is 1.53 bits per heavy atom. The van der Waals surface area contributed by atoms with Crippen molar-refractivity contribution in [3.8, 4) is 0 Å². The molecule has 2 N–H and O–H groups in total. The standard InChI is InChI=1S/C15H19F2N3.2C2HF3O2/c1-3-20(11-15-18-7-9-19(15)2)8-6-12-4-5-13(16)10-14(12)17;2*3-2(4,5)1(6)7/h4-5,7,9-10H,3,6,8,11H2,1-2H3;2*(H,6,7). The maximum absolute atomic E-state index is 13.6. The van der Waals surface area contributed by atoms with Gasteiger partial charge >= 0.3 is 24.3 Å². The van der Waals surface area contributed by atoms with Crippen LogP contribution in [0.5, 0.6) is 0 Å². The van der Waals surface area contributed by atoms with E-state index < -0.39 is 35.9 Å². The Morgan fingerprint density at radius 3 is 1.88 bits per heavy atom. The number of imidazole rings is 1. The Balaban J connectivity index is 0.000000642. The summed E-state index contributed by atoms with van der Waals surface area (Å²) in [7, 11) is 1.95. The molecule has 15 heteroatoms. The molecule has 2 aromatic rings. The lowest BCUT2D eigenvalue weighted by atomic mass is 10.1. The molecule has 2 rings (SSSR count). The van der Waals surface area contributed by atoms with Gasteiger partial charge in [0.05, 0.1) is 6.54 Å². The summed E-state index contributed by atoms with van der Waals surface area (Å²) in [5.74, 6) is -5.55. The Bertz CT molecular complexity index is 905. The highest BCUT2D eigenvalue weighted by atomic mass is 19.4. The van der Waals surface area contributed by atoms with Crippen LogP contribution in [-0.2, 0) is 29.6 Å². The zero-order chi connectivity index (χ0) is 26.7. The second kappa shape index (κ2) is 13.5. The first-order valence-electron chi connectivity index (χ1n) is 9.21. The molecule has 0 amide bonds. The number of nitrogens with zero attached hydrogens (tertiary/aromatic N) is 3. The third-order valence-electron chi connectivity index (χ3n) is 3.93. The molecule has 34 heavy (non-hydrogen) atoms. The smallest absolute Gasteiger partial charge is 0.475 e. The maximum Gasteiger partial charge on any atom is 0.490 e. The highest BCUT2D eigenvalue weighted by Crippen LogP contribution is 2.14. The second-order valence-electron chi connectivity index (χ2n) is 6.41. The lowest BCUT2D eigenvalue weighted by Gasteiger charge is -2.20. The van der Waals surface area contributed by atoms with Crippen molar-refractivity contribution in [2.24, 2.45) is 7.05 Å². The van der Waals surface area contributed by atoms with Crippen LogP contribution in [0, 0.1) is 11.6 Å². The number of hydrogen-bond donors (Lipinski definition) is 2. The van der Waals surface area contributed by atoms with E-state index in [1.165, 1.54) is 12.1 Å². The van der Waals surface area contributed by atoms with Gasteiger partial charge in [-0.05, 0) is 24.6 Å². The van der Waals surface area contributed by atoms with Crippen molar-refractivity contribution >= 4 is 11.9 Å². The van der Waals surface area contributed by atoms with Gasteiger partial charge in [0.2, 0.25) is 0 Å². The molecule has 0 spiro atoms. The Hall–Kier alpha value is -3.23. The van der Waals surface area contributed by atoms with Gasteiger partial charge in [-0.3, -0.25) is 4.90 Å². The third-order valence-corrected chi connectivity index (χ3v) is 3.93. The number of carbonyl (C=O) groups is 2. The van der Waals surface area contributed by atoms with Crippen molar-refractivity contribution in [2.75, 3.05) is 13.1 Å². The van der Waals surface area contributed by atoms with E-state index in [0.717, 1.165) is 25.0 Å². The number of likely N-dealkylation sites (N-methyl/N-ethyl adjacent to an activating group) is 1. The lowest BCUT2D eigenvalue weighted by Crippen LogP contribution is -2.27. The maximum atomic E-state index is 13.6. The molecule has 7 nitrogen and oxygen atoms in total. The van der Waals surface area contributed by atoms with Crippen molar-refractivity contribution in [1.29, 1.82) is 0 Å². The van der Waals surface area contributed by atoms with E-state index in [-0.39, 0.29) is 0 Å². The van der Waals surface area contributed by atoms with E-state index in [2.05, 4.69) is 16.8 Å².